The van der Waals surface area contributed by atoms with Gasteiger partial charge in [-0.15, -0.1) is 0 Å². The second-order valence-corrected chi connectivity index (χ2v) is 13.8. The summed E-state index contributed by atoms with van der Waals surface area (Å²) in [5.41, 5.74) is 14.4. The molecular formula is C49H46N4O2. The van der Waals surface area contributed by atoms with Crippen LogP contribution in [0.4, 0.5) is 0 Å². The number of nitrogens with one attached hydrogen (secondary N) is 2. The molecule has 0 unspecified atom stereocenters. The molecule has 0 saturated heterocycles. The lowest BCUT2D eigenvalue weighted by Crippen LogP contribution is -1.95. The van der Waals surface area contributed by atoms with E-state index in [1.165, 1.54) is 16.7 Å². The van der Waals surface area contributed by atoms with Crippen molar-refractivity contribution in [1.82, 2.24) is 19.9 Å². The summed E-state index contributed by atoms with van der Waals surface area (Å²) >= 11 is 0. The van der Waals surface area contributed by atoms with E-state index < -0.39 is 0 Å². The number of nitrogens with zero attached hydrogens (tertiary/aromatic N) is 2. The number of hydrogen-bond acceptors (Lipinski definition) is 4. The summed E-state index contributed by atoms with van der Waals surface area (Å²) in [6.45, 7) is 10.7. The van der Waals surface area contributed by atoms with E-state index in [1.807, 2.05) is 54.6 Å². The molecule has 7 aromatic rings. The molecule has 0 radical (unpaired) electrons. The molecule has 6 nitrogen and oxygen atoms in total. The van der Waals surface area contributed by atoms with Crippen LogP contribution in [0, 0.1) is 0 Å². The van der Waals surface area contributed by atoms with Crippen molar-refractivity contribution in [2.45, 2.75) is 46.5 Å². The Morgan fingerprint density at radius 3 is 1.85 bits per heavy atom. The van der Waals surface area contributed by atoms with Gasteiger partial charge in [0.15, 0.2) is 0 Å². The number of phenolic OH excluding ortho intramolecular Hbond substituents is 2. The molecule has 0 saturated carbocycles. The topological polar surface area (TPSA) is 97.8 Å². The molecule has 6 heteroatoms. The quantitative estimate of drug-likeness (QED) is 0.0891. The second kappa shape index (κ2) is 16.6. The van der Waals surface area contributed by atoms with Crippen LogP contribution in [0.2, 0.25) is 0 Å². The number of aryl methyl sites for hydroxylation is 2. The number of phenols is 2. The largest absolute Gasteiger partial charge is 0.508 e. The molecule has 0 atom stereocenters. The van der Waals surface area contributed by atoms with Crippen molar-refractivity contribution in [2.24, 2.45) is 0 Å². The minimum absolute atomic E-state index is 0.201. The van der Waals surface area contributed by atoms with Crippen molar-refractivity contribution in [3.05, 3.63) is 174 Å². The predicted molar refractivity (Wildman–Crippen MR) is 227 cm³/mol. The summed E-state index contributed by atoms with van der Waals surface area (Å²) in [6, 6.07) is 41.6. The summed E-state index contributed by atoms with van der Waals surface area (Å²) in [5, 5.41) is 20.0. The van der Waals surface area contributed by atoms with E-state index in [9.17, 15) is 10.2 Å². The first-order chi connectivity index (χ1) is 26.8. The van der Waals surface area contributed by atoms with Crippen LogP contribution in [0.15, 0.2) is 157 Å². The smallest absolute Gasteiger partial charge is 0.138 e. The van der Waals surface area contributed by atoms with E-state index in [4.69, 9.17) is 9.97 Å². The maximum atomic E-state index is 9.98. The number of aromatic hydroxyl groups is 2. The standard InChI is InChI=1S/C49H46N4O2/c1-5-34(6-2)42(48-50-44(36-14-10-8-11-15-36)45(51-48)37-16-12-9-13-17-37)30-32(4)18-19-33-20-21-35(7-3)43(31-33)49-52-46(38-22-26-40(54)27-23-38)47(53-49)39-24-28-41(55)29-25-39/h5,8-17,20-31,54-55H,1,6-7,18-19H2,2-4H3,(H,50,51)(H,52,53)/b32-30+,42-34-. The molecule has 0 amide bonds. The fourth-order valence-corrected chi connectivity index (χ4v) is 7.01. The molecule has 0 aliphatic carbocycles. The van der Waals surface area contributed by atoms with E-state index in [1.54, 1.807) is 24.3 Å². The lowest BCUT2D eigenvalue weighted by molar-refractivity contribution is 0.475. The number of rotatable bonds is 13. The SMILES string of the molecule is C=C/C(CC)=C(\C=C(/C)CCc1ccc(CC)c(-c2nc(-c3ccc(O)cc3)c(-c3ccc(O)cc3)[nH]2)c1)c1nc(-c2ccccc2)c(-c2ccccc2)[nH]1. The highest BCUT2D eigenvalue weighted by Crippen LogP contribution is 2.37. The van der Waals surface area contributed by atoms with Crippen LogP contribution in [0.5, 0.6) is 11.5 Å². The first-order valence-electron chi connectivity index (χ1n) is 18.9. The second-order valence-electron chi connectivity index (χ2n) is 13.8. The third-order valence-electron chi connectivity index (χ3n) is 10.1. The maximum absolute atomic E-state index is 9.98. The zero-order valence-electron chi connectivity index (χ0n) is 31.6. The monoisotopic (exact) mass is 722 g/mol. The van der Waals surface area contributed by atoms with Crippen molar-refractivity contribution in [2.75, 3.05) is 0 Å². The Kier molecular flexibility index (Phi) is 11.0. The number of aromatic nitrogens is 4. The van der Waals surface area contributed by atoms with E-state index in [-0.39, 0.29) is 11.5 Å². The van der Waals surface area contributed by atoms with Gasteiger partial charge in [0.1, 0.15) is 23.1 Å². The fraction of sp³-hybridized carbons (Fsp3) is 0.143. The molecule has 0 spiro atoms. The van der Waals surface area contributed by atoms with Crippen LogP contribution in [0.25, 0.3) is 62.0 Å². The van der Waals surface area contributed by atoms with Crippen LogP contribution >= 0.6 is 0 Å². The first kappa shape index (κ1) is 36.7. The van der Waals surface area contributed by atoms with Gasteiger partial charge in [-0.3, -0.25) is 0 Å². The molecule has 0 aliphatic heterocycles. The number of benzene rings is 5. The molecular weight excluding hydrogens is 677 g/mol. The maximum Gasteiger partial charge on any atom is 0.138 e. The molecule has 0 bridgehead atoms. The van der Waals surface area contributed by atoms with E-state index in [2.05, 4.69) is 98.0 Å². The predicted octanol–water partition coefficient (Wildman–Crippen LogP) is 12.4. The van der Waals surface area contributed by atoms with Crippen LogP contribution in [0.3, 0.4) is 0 Å². The van der Waals surface area contributed by atoms with Gasteiger partial charge in [-0.2, -0.15) is 0 Å². The molecule has 0 fully saturated rings. The third kappa shape index (κ3) is 8.14. The first-order valence-corrected chi connectivity index (χ1v) is 18.9. The van der Waals surface area contributed by atoms with Crippen molar-refractivity contribution >= 4 is 5.57 Å². The van der Waals surface area contributed by atoms with Crippen molar-refractivity contribution in [3.8, 4) is 67.9 Å². The molecule has 7 rings (SSSR count). The van der Waals surface area contributed by atoms with Crippen LogP contribution in [-0.2, 0) is 12.8 Å². The van der Waals surface area contributed by atoms with Gasteiger partial charge in [0.25, 0.3) is 0 Å². The zero-order valence-corrected chi connectivity index (χ0v) is 31.6. The highest BCUT2D eigenvalue weighted by molar-refractivity contribution is 5.84. The van der Waals surface area contributed by atoms with E-state index in [0.717, 1.165) is 99.1 Å². The molecule has 55 heavy (non-hydrogen) atoms. The number of hydrogen-bond donors (Lipinski definition) is 4. The summed E-state index contributed by atoms with van der Waals surface area (Å²) in [6.07, 6.45) is 7.60. The Balaban J connectivity index is 1.21. The highest BCUT2D eigenvalue weighted by atomic mass is 16.3. The van der Waals surface area contributed by atoms with Gasteiger partial charge >= 0.3 is 0 Å². The normalized spacial score (nSPS) is 12.1. The lowest BCUT2D eigenvalue weighted by Gasteiger charge is -2.11. The van der Waals surface area contributed by atoms with E-state index >= 15 is 0 Å². The average Bonchev–Trinajstić information content (AvgIpc) is 3.87. The Morgan fingerprint density at radius 2 is 1.24 bits per heavy atom. The van der Waals surface area contributed by atoms with Crippen LogP contribution in [0.1, 0.15) is 50.6 Å². The average molecular weight is 723 g/mol. The summed E-state index contributed by atoms with van der Waals surface area (Å²) in [5.74, 6) is 2.01. The number of aromatic amines is 2. The van der Waals surface area contributed by atoms with Gasteiger partial charge in [0.2, 0.25) is 0 Å². The van der Waals surface area contributed by atoms with Gasteiger partial charge in [-0.25, -0.2) is 9.97 Å². The van der Waals surface area contributed by atoms with Crippen molar-refractivity contribution < 1.29 is 10.2 Å². The van der Waals surface area contributed by atoms with Crippen LogP contribution in [-0.4, -0.2) is 30.1 Å². The van der Waals surface area contributed by atoms with Gasteiger partial charge < -0.3 is 20.2 Å². The lowest BCUT2D eigenvalue weighted by atomic mass is 9.96. The Hall–Kier alpha value is -6.66. The molecule has 4 N–H and O–H groups in total. The molecule has 274 valence electrons. The minimum Gasteiger partial charge on any atom is -0.508 e. The summed E-state index contributed by atoms with van der Waals surface area (Å²) in [7, 11) is 0. The van der Waals surface area contributed by atoms with Gasteiger partial charge in [-0.05, 0) is 104 Å². The number of H-pyrrole nitrogens is 2. The molecule has 0 aliphatic rings. The Morgan fingerprint density at radius 1 is 0.673 bits per heavy atom. The third-order valence-corrected chi connectivity index (χ3v) is 10.1. The van der Waals surface area contributed by atoms with E-state index in [0.29, 0.717) is 0 Å². The van der Waals surface area contributed by atoms with Gasteiger partial charge in [-0.1, -0.05) is 111 Å². The summed E-state index contributed by atoms with van der Waals surface area (Å²) < 4.78 is 0. The summed E-state index contributed by atoms with van der Waals surface area (Å²) in [4.78, 5) is 17.7. The Bertz CT molecular complexity index is 2350. The molecule has 2 heterocycles. The van der Waals surface area contributed by atoms with Gasteiger partial charge in [0.05, 0.1) is 22.8 Å². The number of imidazole rings is 2. The minimum atomic E-state index is 0.201. The van der Waals surface area contributed by atoms with Crippen LogP contribution < -0.4 is 0 Å². The van der Waals surface area contributed by atoms with Crippen molar-refractivity contribution in [1.29, 1.82) is 0 Å². The molecule has 5 aromatic carbocycles. The highest BCUT2D eigenvalue weighted by Gasteiger charge is 2.19. The van der Waals surface area contributed by atoms with Gasteiger partial charge in [0, 0.05) is 33.4 Å². The zero-order chi connectivity index (χ0) is 38.3. The van der Waals surface area contributed by atoms with Crippen molar-refractivity contribution in [3.63, 3.8) is 0 Å². The molecule has 2 aromatic heterocycles. The fourth-order valence-electron chi connectivity index (χ4n) is 7.01. The Labute approximate surface area is 323 Å². The number of allylic oxidation sites excluding steroid dienone is 5.